The molecule has 224 valence electrons. The van der Waals surface area contributed by atoms with E-state index in [1.807, 2.05) is 17.0 Å². The van der Waals surface area contributed by atoms with Crippen molar-refractivity contribution >= 4 is 11.6 Å². The number of alkyl halides is 13. The topological polar surface area (TPSA) is 56.8 Å². The summed E-state index contributed by atoms with van der Waals surface area (Å²) in [6.07, 6.45) is -27.3. The number of halogens is 13. The number of benzene rings is 2. The van der Waals surface area contributed by atoms with Crippen LogP contribution < -0.4 is 10.1 Å². The van der Waals surface area contributed by atoms with Crippen LogP contribution in [0.4, 0.5) is 62.8 Å². The van der Waals surface area contributed by atoms with Crippen molar-refractivity contribution in [1.82, 2.24) is 0 Å². The van der Waals surface area contributed by atoms with Gasteiger partial charge in [0.05, 0.1) is 6.61 Å². The summed E-state index contributed by atoms with van der Waals surface area (Å²) in [7, 11) is 0. The Morgan fingerprint density at radius 1 is 0.750 bits per heavy atom. The number of hydrogen-bond donors (Lipinski definition) is 1. The van der Waals surface area contributed by atoms with Crippen molar-refractivity contribution < 1.29 is 76.1 Å². The summed E-state index contributed by atoms with van der Waals surface area (Å²) in [6, 6.07) is 6.90. The molecule has 1 amide bonds. The molecule has 2 rings (SSSR count). The molecular formula is C22H16F13NO4. The number of amides is 1. The van der Waals surface area contributed by atoms with Crippen LogP contribution >= 0.6 is 0 Å². The first-order chi connectivity index (χ1) is 18.1. The molecule has 1 N–H and O–H groups in total. The summed E-state index contributed by atoms with van der Waals surface area (Å²) in [6.45, 7) is 2.18. The lowest BCUT2D eigenvalue weighted by Gasteiger charge is -2.35. The molecule has 0 aromatic heterocycles. The zero-order valence-electron chi connectivity index (χ0n) is 19.6. The van der Waals surface area contributed by atoms with E-state index < -0.39 is 53.7 Å². The Balaban J connectivity index is 2.27. The lowest BCUT2D eigenvalue weighted by molar-refractivity contribution is -0.535. The molecule has 0 bridgehead atoms. The van der Waals surface area contributed by atoms with E-state index in [4.69, 9.17) is 4.74 Å². The molecule has 0 atom stereocenters. The molecule has 0 fully saturated rings. The highest BCUT2D eigenvalue weighted by atomic mass is 19.4. The Labute approximate surface area is 215 Å². The van der Waals surface area contributed by atoms with Crippen molar-refractivity contribution in [3.8, 4) is 5.75 Å². The molecule has 0 aliphatic heterocycles. The van der Waals surface area contributed by atoms with Crippen molar-refractivity contribution in [3.05, 3.63) is 59.7 Å². The van der Waals surface area contributed by atoms with E-state index in [2.05, 4.69) is 0 Å². The Kier molecular flexibility index (Phi) is 9.31. The largest absolute Gasteiger partial charge is 0.527 e. The van der Waals surface area contributed by atoms with Crippen LogP contribution in [0.25, 0.3) is 0 Å². The first-order valence-corrected chi connectivity index (χ1v) is 10.6. The van der Waals surface area contributed by atoms with Gasteiger partial charge in [0.15, 0.2) is 0 Å². The number of ether oxygens (including phenoxy) is 3. The van der Waals surface area contributed by atoms with Crippen molar-refractivity contribution in [3.63, 3.8) is 0 Å². The van der Waals surface area contributed by atoms with Crippen LogP contribution in [0.15, 0.2) is 48.5 Å². The fourth-order valence-electron chi connectivity index (χ4n) is 2.75. The third kappa shape index (κ3) is 7.26. The lowest BCUT2D eigenvalue weighted by atomic mass is 10.1. The van der Waals surface area contributed by atoms with Crippen molar-refractivity contribution in [1.29, 1.82) is 0 Å². The number of rotatable bonds is 12. The molecule has 0 saturated heterocycles. The minimum absolute atomic E-state index is 0.0847. The maximum absolute atomic E-state index is 14.4. The van der Waals surface area contributed by atoms with Crippen molar-refractivity contribution in [2.75, 3.05) is 11.9 Å². The number of nitrogens with one attached hydrogen (secondary N) is 1. The van der Waals surface area contributed by atoms with Gasteiger partial charge in [-0.2, -0.15) is 43.9 Å². The molecule has 2 aromatic carbocycles. The number of hydrogen-bond acceptors (Lipinski definition) is 4. The minimum Gasteiger partial charge on any atom is -0.494 e. The maximum atomic E-state index is 14.4. The van der Waals surface area contributed by atoms with E-state index in [1.54, 1.807) is 4.74 Å². The van der Waals surface area contributed by atoms with Crippen LogP contribution in [-0.2, 0) is 15.4 Å². The lowest BCUT2D eigenvalue weighted by Crippen LogP contribution is -2.61. The highest BCUT2D eigenvalue weighted by molar-refractivity contribution is 6.04. The molecule has 2 aromatic rings. The second-order valence-electron chi connectivity index (χ2n) is 7.76. The monoisotopic (exact) mass is 605 g/mol. The van der Waals surface area contributed by atoms with Gasteiger partial charge in [-0.25, -0.2) is 9.47 Å². The van der Waals surface area contributed by atoms with Gasteiger partial charge >= 0.3 is 36.5 Å². The number of anilines is 1. The van der Waals surface area contributed by atoms with E-state index in [-0.39, 0.29) is 17.7 Å². The molecule has 0 heterocycles. The standard InChI is InChI=1S/C22H16F13NO4/c1-2-10-38-15-8-6-12(7-9-15)16(37)36-14-5-3-4-13(11-14)17(23,24)19(27,28)39-20(29,30)18(25,26)21(31,32)40-22(33,34)35/h3-9,11H,2,10H2,1H3,(H,36,37). The third-order valence-corrected chi connectivity index (χ3v) is 4.67. The van der Waals surface area contributed by atoms with Crippen LogP contribution in [-0.4, -0.2) is 43.1 Å². The minimum atomic E-state index is -7.53. The predicted molar refractivity (Wildman–Crippen MR) is 109 cm³/mol. The highest BCUT2D eigenvalue weighted by Gasteiger charge is 2.80. The fourth-order valence-corrected chi connectivity index (χ4v) is 2.75. The average molecular weight is 605 g/mol. The number of carbonyl (C=O) groups excluding carboxylic acids is 1. The summed E-state index contributed by atoms with van der Waals surface area (Å²) in [5, 5.41) is 2.01. The summed E-state index contributed by atoms with van der Waals surface area (Å²) < 4.78 is 182. The smallest absolute Gasteiger partial charge is 0.494 e. The van der Waals surface area contributed by atoms with Gasteiger partial charge in [-0.1, -0.05) is 19.1 Å². The van der Waals surface area contributed by atoms with Gasteiger partial charge in [-0.05, 0) is 42.8 Å². The molecular weight excluding hydrogens is 589 g/mol. The van der Waals surface area contributed by atoms with E-state index in [1.165, 1.54) is 24.3 Å². The third-order valence-electron chi connectivity index (χ3n) is 4.67. The number of carbonyl (C=O) groups is 1. The van der Waals surface area contributed by atoms with Gasteiger partial charge in [0, 0.05) is 16.8 Å². The van der Waals surface area contributed by atoms with Gasteiger partial charge in [-0.15, -0.1) is 13.2 Å². The zero-order valence-corrected chi connectivity index (χ0v) is 19.6. The molecule has 0 unspecified atom stereocenters. The SMILES string of the molecule is CCCOc1ccc(C(=O)Nc2cccc(C(F)(F)C(F)(F)OC(F)(F)C(F)(F)C(F)(F)OC(F)(F)F)c2)cc1. The molecule has 0 radical (unpaired) electrons. The van der Waals surface area contributed by atoms with Crippen LogP contribution in [0.5, 0.6) is 5.75 Å². The fraction of sp³-hybridized carbons (Fsp3) is 0.409. The van der Waals surface area contributed by atoms with E-state index in [0.29, 0.717) is 24.8 Å². The summed E-state index contributed by atoms with van der Waals surface area (Å²) in [4.78, 5) is 12.3. The summed E-state index contributed by atoms with van der Waals surface area (Å²) in [5.74, 6) is -14.1. The molecule has 0 aliphatic carbocycles. The molecule has 40 heavy (non-hydrogen) atoms. The second kappa shape index (κ2) is 11.3. The van der Waals surface area contributed by atoms with Gasteiger partial charge in [0.1, 0.15) is 5.75 Å². The van der Waals surface area contributed by atoms with Crippen LogP contribution in [0.1, 0.15) is 29.3 Å². The second-order valence-corrected chi connectivity index (χ2v) is 7.76. The van der Waals surface area contributed by atoms with Crippen molar-refractivity contribution in [2.24, 2.45) is 0 Å². The van der Waals surface area contributed by atoms with Crippen molar-refractivity contribution in [2.45, 2.75) is 49.9 Å². The Hall–Kier alpha value is -3.28. The molecule has 18 heteroatoms. The van der Waals surface area contributed by atoms with Crippen LogP contribution in [0, 0.1) is 0 Å². The van der Waals surface area contributed by atoms with Gasteiger partial charge in [0.2, 0.25) is 0 Å². The quantitative estimate of drug-likeness (QED) is 0.251. The summed E-state index contributed by atoms with van der Waals surface area (Å²) in [5.41, 5.74) is -2.68. The predicted octanol–water partition coefficient (Wildman–Crippen LogP) is 7.79. The van der Waals surface area contributed by atoms with Gasteiger partial charge in [0.25, 0.3) is 5.91 Å². The van der Waals surface area contributed by atoms with Gasteiger partial charge in [-0.3, -0.25) is 4.79 Å². The van der Waals surface area contributed by atoms with Crippen LogP contribution in [0.2, 0.25) is 0 Å². The van der Waals surface area contributed by atoms with E-state index >= 15 is 0 Å². The maximum Gasteiger partial charge on any atom is 0.527 e. The Bertz CT molecular complexity index is 1170. The van der Waals surface area contributed by atoms with Crippen LogP contribution in [0.3, 0.4) is 0 Å². The Morgan fingerprint density at radius 2 is 1.30 bits per heavy atom. The average Bonchev–Trinajstić information content (AvgIpc) is 2.80. The first-order valence-electron chi connectivity index (χ1n) is 10.6. The van der Waals surface area contributed by atoms with Gasteiger partial charge < -0.3 is 10.1 Å². The summed E-state index contributed by atoms with van der Waals surface area (Å²) >= 11 is 0. The highest BCUT2D eigenvalue weighted by Crippen LogP contribution is 2.54. The molecule has 5 nitrogen and oxygen atoms in total. The molecule has 0 saturated carbocycles. The van der Waals surface area contributed by atoms with E-state index in [9.17, 15) is 61.9 Å². The van der Waals surface area contributed by atoms with E-state index in [0.717, 1.165) is 6.07 Å². The normalized spacial score (nSPS) is 13.8. The first kappa shape index (κ1) is 32.9. The Morgan fingerprint density at radius 3 is 1.82 bits per heavy atom. The molecule has 0 aliphatic rings. The molecule has 0 spiro atoms. The zero-order chi connectivity index (χ0) is 30.8.